The van der Waals surface area contributed by atoms with E-state index in [1.54, 1.807) is 71.6 Å². The van der Waals surface area contributed by atoms with Gasteiger partial charge in [0.15, 0.2) is 0 Å². The lowest BCUT2D eigenvalue weighted by Gasteiger charge is -2.17. The van der Waals surface area contributed by atoms with E-state index in [9.17, 15) is 9.59 Å². The first-order valence-corrected chi connectivity index (χ1v) is 10.6. The number of benzene rings is 3. The largest absolute Gasteiger partial charge is 0.360 e. The van der Waals surface area contributed by atoms with Crippen LogP contribution in [-0.4, -0.2) is 36.1 Å². The van der Waals surface area contributed by atoms with E-state index >= 15 is 0 Å². The van der Waals surface area contributed by atoms with Gasteiger partial charge in [-0.2, -0.15) is 0 Å². The second-order valence-corrected chi connectivity index (χ2v) is 7.47. The fourth-order valence-electron chi connectivity index (χ4n) is 3.13. The number of hydrogen-bond acceptors (Lipinski definition) is 3. The van der Waals surface area contributed by atoms with Crippen LogP contribution in [0.3, 0.4) is 0 Å². The molecule has 0 aliphatic rings. The molecule has 0 unspecified atom stereocenters. The van der Waals surface area contributed by atoms with Crippen molar-refractivity contribution in [3.8, 4) is 24.7 Å². The molecule has 0 fully saturated rings. The van der Waals surface area contributed by atoms with Crippen molar-refractivity contribution in [3.05, 3.63) is 94.5 Å². The molecule has 0 aromatic heterocycles. The summed E-state index contributed by atoms with van der Waals surface area (Å²) in [5, 5.41) is 13.8. The van der Waals surface area contributed by atoms with Crippen molar-refractivity contribution in [1.29, 1.82) is 5.41 Å². The molecule has 0 atom stereocenters. The van der Waals surface area contributed by atoms with Crippen LogP contribution in [0.4, 0.5) is 11.4 Å². The Bertz CT molecular complexity index is 1310. The molecule has 2 amide bonds. The smallest absolute Gasteiger partial charge is 0.257 e. The molecule has 0 aliphatic heterocycles. The zero-order valence-electron chi connectivity index (χ0n) is 19.0. The summed E-state index contributed by atoms with van der Waals surface area (Å²) in [6.45, 7) is 2.66. The number of nitrogens with one attached hydrogen (secondary N) is 3. The third kappa shape index (κ3) is 5.51. The van der Waals surface area contributed by atoms with E-state index < -0.39 is 5.91 Å². The Morgan fingerprint density at radius 2 is 1.44 bits per heavy atom. The van der Waals surface area contributed by atoms with Crippen molar-refractivity contribution < 1.29 is 9.59 Å². The van der Waals surface area contributed by atoms with Crippen molar-refractivity contribution in [2.75, 3.05) is 24.2 Å². The van der Waals surface area contributed by atoms with Gasteiger partial charge in [-0.05, 0) is 61.5 Å². The molecule has 0 saturated carbocycles. The molecule has 3 aromatic carbocycles. The zero-order chi connectivity index (χ0) is 24.7. The van der Waals surface area contributed by atoms with E-state index in [1.807, 2.05) is 14.0 Å². The van der Waals surface area contributed by atoms with Gasteiger partial charge in [0.05, 0.1) is 11.3 Å². The van der Waals surface area contributed by atoms with Crippen LogP contribution in [-0.2, 0) is 0 Å². The first-order chi connectivity index (χ1) is 16.4. The second kappa shape index (κ2) is 10.7. The molecule has 6 nitrogen and oxygen atoms in total. The molecule has 0 radical (unpaired) electrons. The summed E-state index contributed by atoms with van der Waals surface area (Å²) >= 11 is 0. The molecule has 3 rings (SSSR count). The van der Waals surface area contributed by atoms with Gasteiger partial charge in [0.1, 0.15) is 5.84 Å². The summed E-state index contributed by atoms with van der Waals surface area (Å²) in [5.41, 5.74) is 3.42. The predicted molar refractivity (Wildman–Crippen MR) is 136 cm³/mol. The van der Waals surface area contributed by atoms with Gasteiger partial charge in [-0.15, -0.1) is 12.8 Å². The topological polar surface area (TPSA) is 85.3 Å². The van der Waals surface area contributed by atoms with Crippen LogP contribution >= 0.6 is 0 Å². The first kappa shape index (κ1) is 23.8. The Morgan fingerprint density at radius 1 is 0.853 bits per heavy atom. The average Bonchev–Trinajstić information content (AvgIpc) is 2.88. The molecule has 0 spiro atoms. The van der Waals surface area contributed by atoms with Crippen LogP contribution in [0.25, 0.3) is 0 Å². The maximum Gasteiger partial charge on any atom is 0.257 e. The number of hydrogen-bond donors (Lipinski definition) is 3. The summed E-state index contributed by atoms with van der Waals surface area (Å²) in [6.07, 6.45) is 10.9. The lowest BCUT2D eigenvalue weighted by molar-refractivity contribution is 0.102. The molecule has 0 heterocycles. The maximum absolute atomic E-state index is 13.0. The molecule has 6 heteroatoms. The standard InChI is InChI=1S/C28H24N4O2/c1-5-19-8-15-23(16-9-19)30-28(34)24-18-20(6-2)10-17-25(24)31-27(33)22-13-11-21(12-14-22)26(29)32(4)7-3/h1-2,8-18,29H,7H2,3-4H3,(H,30,34)(H,31,33). The van der Waals surface area contributed by atoms with Crippen LogP contribution < -0.4 is 10.6 Å². The molecule has 168 valence electrons. The van der Waals surface area contributed by atoms with E-state index in [0.29, 0.717) is 46.0 Å². The van der Waals surface area contributed by atoms with Crippen LogP contribution in [0.1, 0.15) is 44.3 Å². The first-order valence-electron chi connectivity index (χ1n) is 10.6. The third-order valence-electron chi connectivity index (χ3n) is 5.27. The fraction of sp³-hybridized carbons (Fsp3) is 0.107. The second-order valence-electron chi connectivity index (χ2n) is 7.47. The van der Waals surface area contributed by atoms with E-state index in [0.717, 1.165) is 0 Å². The van der Waals surface area contributed by atoms with Crippen molar-refractivity contribution in [2.45, 2.75) is 6.92 Å². The summed E-state index contributed by atoms with van der Waals surface area (Å²) in [6, 6.07) is 18.4. The SMILES string of the molecule is C#Cc1ccc(NC(=O)c2cc(C#C)ccc2NC(=O)c2ccc(C(=N)N(C)CC)cc2)cc1. The number of carbonyl (C=O) groups is 2. The normalized spacial score (nSPS) is 9.88. The van der Waals surface area contributed by atoms with Gasteiger partial charge in [-0.1, -0.05) is 24.0 Å². The van der Waals surface area contributed by atoms with Crippen LogP contribution in [0.15, 0.2) is 66.7 Å². The Morgan fingerprint density at radius 3 is 2.03 bits per heavy atom. The molecular formula is C28H24N4O2. The van der Waals surface area contributed by atoms with E-state index in [4.69, 9.17) is 18.3 Å². The minimum Gasteiger partial charge on any atom is -0.360 e. The highest BCUT2D eigenvalue weighted by Crippen LogP contribution is 2.21. The van der Waals surface area contributed by atoms with Crippen molar-refractivity contribution in [1.82, 2.24) is 4.90 Å². The van der Waals surface area contributed by atoms with Gasteiger partial charge in [0.2, 0.25) is 0 Å². The van der Waals surface area contributed by atoms with E-state index in [1.165, 1.54) is 0 Å². The predicted octanol–water partition coefficient (Wildman–Crippen LogP) is 4.43. The number of rotatable bonds is 6. The van der Waals surface area contributed by atoms with Gasteiger partial charge < -0.3 is 15.5 Å². The fourth-order valence-corrected chi connectivity index (χ4v) is 3.13. The van der Waals surface area contributed by atoms with Crippen molar-refractivity contribution in [3.63, 3.8) is 0 Å². The minimum atomic E-state index is -0.424. The molecule has 3 N–H and O–H groups in total. The number of terminal acetylenes is 2. The van der Waals surface area contributed by atoms with E-state index in [-0.39, 0.29) is 11.5 Å². The Labute approximate surface area is 199 Å². The minimum absolute atomic E-state index is 0.229. The lowest BCUT2D eigenvalue weighted by atomic mass is 10.1. The zero-order valence-corrected chi connectivity index (χ0v) is 19.0. The van der Waals surface area contributed by atoms with Gasteiger partial charge >= 0.3 is 0 Å². The number of amidine groups is 1. The van der Waals surface area contributed by atoms with Crippen molar-refractivity contribution in [2.24, 2.45) is 0 Å². The molecular weight excluding hydrogens is 424 g/mol. The lowest BCUT2D eigenvalue weighted by Crippen LogP contribution is -2.26. The number of nitrogens with zero attached hydrogens (tertiary/aromatic N) is 1. The maximum atomic E-state index is 13.0. The Hall–Kier alpha value is -4.81. The van der Waals surface area contributed by atoms with Gasteiger partial charge in [-0.25, -0.2) is 0 Å². The van der Waals surface area contributed by atoms with Gasteiger partial charge in [0.25, 0.3) is 11.8 Å². The number of amides is 2. The van der Waals surface area contributed by atoms with Crippen LogP contribution in [0.5, 0.6) is 0 Å². The molecule has 0 bridgehead atoms. The monoisotopic (exact) mass is 448 g/mol. The Kier molecular flexibility index (Phi) is 7.48. The summed E-state index contributed by atoms with van der Waals surface area (Å²) in [4.78, 5) is 27.7. The summed E-state index contributed by atoms with van der Waals surface area (Å²) in [7, 11) is 1.83. The molecule has 34 heavy (non-hydrogen) atoms. The third-order valence-corrected chi connectivity index (χ3v) is 5.27. The highest BCUT2D eigenvalue weighted by atomic mass is 16.2. The quantitative estimate of drug-likeness (QED) is 0.296. The summed E-state index contributed by atoms with van der Waals surface area (Å²) < 4.78 is 0. The van der Waals surface area contributed by atoms with Crippen LogP contribution in [0, 0.1) is 30.1 Å². The highest BCUT2D eigenvalue weighted by molar-refractivity contribution is 6.13. The summed E-state index contributed by atoms with van der Waals surface area (Å²) in [5.74, 6) is 4.59. The van der Waals surface area contributed by atoms with Crippen molar-refractivity contribution >= 4 is 29.0 Å². The van der Waals surface area contributed by atoms with Crippen LogP contribution in [0.2, 0.25) is 0 Å². The molecule has 0 saturated heterocycles. The average molecular weight is 449 g/mol. The van der Waals surface area contributed by atoms with E-state index in [2.05, 4.69) is 22.5 Å². The number of carbonyl (C=O) groups excluding carboxylic acids is 2. The molecule has 3 aromatic rings. The van der Waals surface area contributed by atoms with Gasteiger partial charge in [-0.3, -0.25) is 15.0 Å². The van der Waals surface area contributed by atoms with Gasteiger partial charge in [0, 0.05) is 41.5 Å². The molecule has 0 aliphatic carbocycles. The number of anilines is 2. The Balaban J connectivity index is 1.82. The highest BCUT2D eigenvalue weighted by Gasteiger charge is 2.16.